The van der Waals surface area contributed by atoms with Crippen LogP contribution < -0.4 is 5.32 Å². The second kappa shape index (κ2) is 11.9. The molecule has 0 fully saturated rings. The normalized spacial score (nSPS) is 10.6. The Morgan fingerprint density at radius 1 is 0.879 bits per heavy atom. The molecule has 6 nitrogen and oxygen atoms in total. The third-order valence-electron chi connectivity index (χ3n) is 5.46. The predicted molar refractivity (Wildman–Crippen MR) is 131 cm³/mol. The molecule has 3 aromatic rings. The molecule has 0 saturated carbocycles. The van der Waals surface area contributed by atoms with Crippen molar-refractivity contribution in [3.8, 4) is 0 Å². The van der Waals surface area contributed by atoms with E-state index in [9.17, 15) is 9.59 Å². The number of aryl methyl sites for hydroxylation is 2. The SMILES string of the molecule is CCCN(CC(=O)N(Cc1ccccc1)Cc1ccc(C)o1)C(=O)Nc1ccccc1CC. The van der Waals surface area contributed by atoms with Crippen LogP contribution in [0.4, 0.5) is 10.5 Å². The van der Waals surface area contributed by atoms with Crippen LogP contribution in [0.2, 0.25) is 0 Å². The van der Waals surface area contributed by atoms with Gasteiger partial charge in [0, 0.05) is 18.8 Å². The van der Waals surface area contributed by atoms with Gasteiger partial charge >= 0.3 is 6.03 Å². The van der Waals surface area contributed by atoms with Crippen molar-refractivity contribution in [1.29, 1.82) is 0 Å². The number of urea groups is 1. The third-order valence-corrected chi connectivity index (χ3v) is 5.46. The smallest absolute Gasteiger partial charge is 0.322 e. The fraction of sp³-hybridized carbons (Fsp3) is 0.333. The monoisotopic (exact) mass is 447 g/mol. The minimum Gasteiger partial charge on any atom is -0.464 e. The maximum Gasteiger partial charge on any atom is 0.322 e. The van der Waals surface area contributed by atoms with Gasteiger partial charge in [-0.2, -0.15) is 0 Å². The zero-order valence-electron chi connectivity index (χ0n) is 19.7. The topological polar surface area (TPSA) is 65.8 Å². The molecule has 1 aromatic heterocycles. The Balaban J connectivity index is 1.75. The van der Waals surface area contributed by atoms with Crippen molar-refractivity contribution in [3.05, 3.63) is 89.4 Å². The molecule has 3 rings (SSSR count). The Bertz CT molecular complexity index is 1050. The number of para-hydroxylation sites is 1. The quantitative estimate of drug-likeness (QED) is 0.438. The van der Waals surface area contributed by atoms with Gasteiger partial charge in [-0.05, 0) is 49.1 Å². The van der Waals surface area contributed by atoms with Gasteiger partial charge in [0.2, 0.25) is 5.91 Å². The first-order valence-corrected chi connectivity index (χ1v) is 11.5. The van der Waals surface area contributed by atoms with E-state index < -0.39 is 0 Å². The zero-order valence-corrected chi connectivity index (χ0v) is 19.7. The van der Waals surface area contributed by atoms with Crippen LogP contribution in [0.3, 0.4) is 0 Å². The molecule has 33 heavy (non-hydrogen) atoms. The van der Waals surface area contributed by atoms with Crippen molar-refractivity contribution in [2.75, 3.05) is 18.4 Å². The van der Waals surface area contributed by atoms with Gasteiger partial charge in [-0.25, -0.2) is 4.79 Å². The second-order valence-electron chi connectivity index (χ2n) is 8.11. The lowest BCUT2D eigenvalue weighted by Crippen LogP contribution is -2.44. The van der Waals surface area contributed by atoms with Crippen LogP contribution in [-0.2, 0) is 24.3 Å². The van der Waals surface area contributed by atoms with E-state index in [0.717, 1.165) is 41.2 Å². The molecule has 1 N–H and O–H groups in total. The fourth-order valence-corrected chi connectivity index (χ4v) is 3.72. The second-order valence-corrected chi connectivity index (χ2v) is 8.11. The highest BCUT2D eigenvalue weighted by Crippen LogP contribution is 2.17. The number of carbonyl (C=O) groups is 2. The number of furan rings is 1. The van der Waals surface area contributed by atoms with Crippen molar-refractivity contribution in [2.45, 2.75) is 46.7 Å². The van der Waals surface area contributed by atoms with Crippen molar-refractivity contribution in [3.63, 3.8) is 0 Å². The molecule has 0 aliphatic rings. The first kappa shape index (κ1) is 24.1. The summed E-state index contributed by atoms with van der Waals surface area (Å²) in [5.74, 6) is 1.40. The highest BCUT2D eigenvalue weighted by Gasteiger charge is 2.22. The summed E-state index contributed by atoms with van der Waals surface area (Å²) in [5.41, 5.74) is 2.87. The van der Waals surface area contributed by atoms with Gasteiger partial charge in [-0.1, -0.05) is 62.4 Å². The van der Waals surface area contributed by atoms with Gasteiger partial charge in [-0.15, -0.1) is 0 Å². The van der Waals surface area contributed by atoms with Crippen LogP contribution in [0.25, 0.3) is 0 Å². The first-order valence-electron chi connectivity index (χ1n) is 11.5. The van der Waals surface area contributed by atoms with E-state index in [-0.39, 0.29) is 18.5 Å². The maximum absolute atomic E-state index is 13.4. The summed E-state index contributed by atoms with van der Waals surface area (Å²) in [5, 5.41) is 2.99. The van der Waals surface area contributed by atoms with Crippen LogP contribution >= 0.6 is 0 Å². The van der Waals surface area contributed by atoms with Gasteiger partial charge in [0.1, 0.15) is 18.1 Å². The lowest BCUT2D eigenvalue weighted by atomic mass is 10.1. The minimum absolute atomic E-state index is 0.000486. The average Bonchev–Trinajstić information content (AvgIpc) is 3.23. The van der Waals surface area contributed by atoms with E-state index >= 15 is 0 Å². The molecule has 0 unspecified atom stereocenters. The third kappa shape index (κ3) is 6.97. The Hall–Kier alpha value is -3.54. The van der Waals surface area contributed by atoms with E-state index in [1.54, 1.807) is 9.80 Å². The number of nitrogens with zero attached hydrogens (tertiary/aromatic N) is 2. The van der Waals surface area contributed by atoms with Gasteiger partial charge in [0.05, 0.1) is 6.54 Å². The van der Waals surface area contributed by atoms with Gasteiger partial charge < -0.3 is 19.5 Å². The van der Waals surface area contributed by atoms with Crippen LogP contribution in [0.5, 0.6) is 0 Å². The number of amides is 3. The molecule has 0 aliphatic heterocycles. The molecule has 1 heterocycles. The van der Waals surface area contributed by atoms with Gasteiger partial charge in [0.25, 0.3) is 0 Å². The summed E-state index contributed by atoms with van der Waals surface area (Å²) in [6, 6.07) is 21.1. The molecule has 0 bridgehead atoms. The number of hydrogen-bond donors (Lipinski definition) is 1. The van der Waals surface area contributed by atoms with Crippen molar-refractivity contribution >= 4 is 17.6 Å². The van der Waals surface area contributed by atoms with Crippen molar-refractivity contribution < 1.29 is 14.0 Å². The number of rotatable bonds is 10. The Morgan fingerprint density at radius 2 is 1.61 bits per heavy atom. The summed E-state index contributed by atoms with van der Waals surface area (Å²) < 4.78 is 5.72. The minimum atomic E-state index is -0.264. The first-order chi connectivity index (χ1) is 16.0. The fourth-order valence-electron chi connectivity index (χ4n) is 3.72. The van der Waals surface area contributed by atoms with E-state index in [1.165, 1.54) is 0 Å². The zero-order chi connectivity index (χ0) is 23.6. The van der Waals surface area contributed by atoms with Crippen LogP contribution in [0, 0.1) is 6.92 Å². The van der Waals surface area contributed by atoms with Crippen LogP contribution in [-0.4, -0.2) is 34.8 Å². The molecule has 174 valence electrons. The van der Waals surface area contributed by atoms with E-state index in [0.29, 0.717) is 19.6 Å². The van der Waals surface area contributed by atoms with Crippen molar-refractivity contribution in [1.82, 2.24) is 9.80 Å². The molecule has 0 spiro atoms. The predicted octanol–water partition coefficient (Wildman–Crippen LogP) is 5.62. The highest BCUT2D eigenvalue weighted by atomic mass is 16.3. The molecule has 0 radical (unpaired) electrons. The van der Waals surface area contributed by atoms with E-state index in [1.807, 2.05) is 80.6 Å². The summed E-state index contributed by atoms with van der Waals surface area (Å²) in [7, 11) is 0. The van der Waals surface area contributed by atoms with Gasteiger partial charge in [-0.3, -0.25) is 4.79 Å². The largest absolute Gasteiger partial charge is 0.464 e. The average molecular weight is 448 g/mol. The number of anilines is 1. The summed E-state index contributed by atoms with van der Waals surface area (Å²) in [6.45, 7) is 7.22. The van der Waals surface area contributed by atoms with Crippen LogP contribution in [0.1, 0.15) is 42.9 Å². The Labute approximate surface area is 196 Å². The standard InChI is InChI=1S/C27H33N3O3/c1-4-17-29(27(32)28-25-14-10-9-13-23(25)5-2)20-26(31)30(18-22-11-7-6-8-12-22)19-24-16-15-21(3)33-24/h6-16H,4-5,17-20H2,1-3H3,(H,28,32). The number of carbonyl (C=O) groups excluding carboxylic acids is 2. The molecule has 6 heteroatoms. The van der Waals surface area contributed by atoms with Crippen molar-refractivity contribution in [2.24, 2.45) is 0 Å². The van der Waals surface area contributed by atoms with Crippen LogP contribution in [0.15, 0.2) is 71.1 Å². The number of hydrogen-bond acceptors (Lipinski definition) is 3. The van der Waals surface area contributed by atoms with E-state index in [4.69, 9.17) is 4.42 Å². The number of benzene rings is 2. The summed E-state index contributed by atoms with van der Waals surface area (Å²) in [6.07, 6.45) is 1.57. The maximum atomic E-state index is 13.4. The molecular weight excluding hydrogens is 414 g/mol. The molecule has 0 atom stereocenters. The lowest BCUT2D eigenvalue weighted by molar-refractivity contribution is -0.133. The summed E-state index contributed by atoms with van der Waals surface area (Å²) in [4.78, 5) is 29.8. The Kier molecular flexibility index (Phi) is 8.70. The molecule has 3 amide bonds. The highest BCUT2D eigenvalue weighted by molar-refractivity contribution is 5.93. The Morgan fingerprint density at radius 3 is 2.27 bits per heavy atom. The number of nitrogens with one attached hydrogen (secondary N) is 1. The van der Waals surface area contributed by atoms with E-state index in [2.05, 4.69) is 12.2 Å². The summed E-state index contributed by atoms with van der Waals surface area (Å²) >= 11 is 0. The molecule has 0 saturated heterocycles. The molecule has 2 aromatic carbocycles. The lowest BCUT2D eigenvalue weighted by Gasteiger charge is -2.27. The molecule has 0 aliphatic carbocycles. The van der Waals surface area contributed by atoms with Gasteiger partial charge in [0.15, 0.2) is 0 Å². The molecular formula is C27H33N3O3.